The molecule has 0 aliphatic rings. The summed E-state index contributed by atoms with van der Waals surface area (Å²) in [5.41, 5.74) is 0.764. The molecule has 1 heterocycles. The fraction of sp³-hybridized carbons (Fsp3) is 0.263. The van der Waals surface area contributed by atoms with Crippen molar-refractivity contribution >= 4 is 32.5 Å². The Morgan fingerprint density at radius 2 is 1.96 bits per heavy atom. The first-order valence-corrected chi connectivity index (χ1v) is 10.4. The maximum atomic E-state index is 13.3. The molecule has 1 N–H and O–H groups in total. The van der Waals surface area contributed by atoms with Crippen LogP contribution in [0.25, 0.3) is 10.9 Å². The molecule has 0 bridgehead atoms. The summed E-state index contributed by atoms with van der Waals surface area (Å²) >= 11 is 6.01. The summed E-state index contributed by atoms with van der Waals surface area (Å²) in [4.78, 5) is 19.5. The van der Waals surface area contributed by atoms with E-state index in [0.717, 1.165) is 0 Å². The molecule has 3 rings (SSSR count). The number of H-pyrrole nitrogens is 1. The number of rotatable bonds is 7. The number of aryl methyl sites for hydroxylation is 1. The zero-order valence-corrected chi connectivity index (χ0v) is 17.0. The molecule has 0 spiro atoms. The minimum Gasteiger partial charge on any atom is -0.383 e. The Labute approximate surface area is 168 Å². The van der Waals surface area contributed by atoms with Gasteiger partial charge in [-0.3, -0.25) is 4.79 Å². The van der Waals surface area contributed by atoms with Gasteiger partial charge in [0.05, 0.1) is 29.0 Å². The highest BCUT2D eigenvalue weighted by molar-refractivity contribution is 7.89. The number of sulfonamides is 1. The summed E-state index contributed by atoms with van der Waals surface area (Å²) in [5, 5.41) is 0.774. The van der Waals surface area contributed by atoms with Crippen LogP contribution in [-0.2, 0) is 21.3 Å². The predicted octanol–water partition coefficient (Wildman–Crippen LogP) is 2.72. The Morgan fingerprint density at radius 3 is 2.71 bits per heavy atom. The molecule has 0 unspecified atom stereocenters. The van der Waals surface area contributed by atoms with Crippen LogP contribution in [0, 0.1) is 6.92 Å². The van der Waals surface area contributed by atoms with Gasteiger partial charge in [-0.15, -0.1) is 0 Å². The molecule has 3 aromatic rings. The molecule has 0 aliphatic carbocycles. The van der Waals surface area contributed by atoms with E-state index in [1.165, 1.54) is 17.5 Å². The van der Waals surface area contributed by atoms with Crippen molar-refractivity contribution in [1.29, 1.82) is 0 Å². The molecule has 28 heavy (non-hydrogen) atoms. The number of methoxy groups -OCH3 is 1. The van der Waals surface area contributed by atoms with Gasteiger partial charge in [-0.25, -0.2) is 13.4 Å². The van der Waals surface area contributed by atoms with Crippen molar-refractivity contribution < 1.29 is 13.2 Å². The number of nitrogens with one attached hydrogen (secondary N) is 1. The number of ether oxygens (including phenoxy) is 1. The zero-order valence-electron chi connectivity index (χ0n) is 15.5. The average Bonchev–Trinajstić information content (AvgIpc) is 2.67. The van der Waals surface area contributed by atoms with Crippen LogP contribution in [0.2, 0.25) is 5.02 Å². The summed E-state index contributed by atoms with van der Waals surface area (Å²) in [6.07, 6.45) is 0. The van der Waals surface area contributed by atoms with Crippen LogP contribution in [0.4, 0.5) is 0 Å². The molecule has 0 fully saturated rings. The summed E-state index contributed by atoms with van der Waals surface area (Å²) in [5.74, 6) is 0.253. The molecular formula is C19H20ClN3O4S. The van der Waals surface area contributed by atoms with Gasteiger partial charge in [0.2, 0.25) is 10.0 Å². The second-order valence-corrected chi connectivity index (χ2v) is 8.61. The van der Waals surface area contributed by atoms with Gasteiger partial charge in [0, 0.05) is 18.7 Å². The third-order valence-electron chi connectivity index (χ3n) is 4.30. The van der Waals surface area contributed by atoms with Crippen LogP contribution in [0.5, 0.6) is 0 Å². The van der Waals surface area contributed by atoms with Gasteiger partial charge in [-0.05, 0) is 36.8 Å². The molecule has 148 valence electrons. The summed E-state index contributed by atoms with van der Waals surface area (Å²) in [6, 6.07) is 11.6. The molecule has 0 saturated carbocycles. The summed E-state index contributed by atoms with van der Waals surface area (Å²) in [7, 11) is -2.39. The first kappa shape index (κ1) is 20.5. The van der Waals surface area contributed by atoms with Crippen molar-refractivity contribution in [2.45, 2.75) is 18.4 Å². The van der Waals surface area contributed by atoms with E-state index in [-0.39, 0.29) is 36.0 Å². The molecular weight excluding hydrogens is 402 g/mol. The highest BCUT2D eigenvalue weighted by atomic mass is 35.5. The second kappa shape index (κ2) is 8.40. The van der Waals surface area contributed by atoms with Crippen LogP contribution in [0.1, 0.15) is 11.4 Å². The van der Waals surface area contributed by atoms with E-state index in [1.54, 1.807) is 43.3 Å². The Bertz CT molecular complexity index is 1160. The lowest BCUT2D eigenvalue weighted by Gasteiger charge is -2.22. The van der Waals surface area contributed by atoms with Gasteiger partial charge in [-0.2, -0.15) is 4.31 Å². The lowest BCUT2D eigenvalue weighted by Crippen LogP contribution is -2.35. The third kappa shape index (κ3) is 4.25. The highest BCUT2D eigenvalue weighted by Crippen LogP contribution is 2.24. The number of aromatic nitrogens is 2. The first-order chi connectivity index (χ1) is 13.3. The molecule has 0 atom stereocenters. The van der Waals surface area contributed by atoms with E-state index >= 15 is 0 Å². The molecule has 1 aromatic heterocycles. The smallest absolute Gasteiger partial charge is 0.258 e. The van der Waals surface area contributed by atoms with E-state index in [4.69, 9.17) is 16.3 Å². The standard InChI is InChI=1S/C19H20ClN3O4S/c1-13-7-8-14(20)11-17(13)28(25,26)23(9-10-27-2)12-18-21-16-6-4-3-5-15(16)19(24)22-18/h3-8,11H,9-10,12H2,1-2H3,(H,21,22,24). The number of aromatic amines is 1. The topological polar surface area (TPSA) is 92.4 Å². The second-order valence-electron chi connectivity index (χ2n) is 6.27. The van der Waals surface area contributed by atoms with Crippen molar-refractivity contribution in [2.75, 3.05) is 20.3 Å². The van der Waals surface area contributed by atoms with Crippen LogP contribution < -0.4 is 5.56 Å². The van der Waals surface area contributed by atoms with Gasteiger partial charge in [0.25, 0.3) is 5.56 Å². The normalized spacial score (nSPS) is 12.0. The number of hydrogen-bond acceptors (Lipinski definition) is 5. The Morgan fingerprint density at radius 1 is 1.21 bits per heavy atom. The fourth-order valence-electron chi connectivity index (χ4n) is 2.85. The molecule has 0 radical (unpaired) electrons. The SMILES string of the molecule is COCCN(Cc1nc2ccccc2c(=O)[nH]1)S(=O)(=O)c1cc(Cl)ccc1C. The Kier molecular flexibility index (Phi) is 6.14. The molecule has 7 nitrogen and oxygen atoms in total. The van der Waals surface area contributed by atoms with E-state index < -0.39 is 10.0 Å². The van der Waals surface area contributed by atoms with E-state index in [0.29, 0.717) is 21.5 Å². The van der Waals surface area contributed by atoms with Crippen LogP contribution in [0.3, 0.4) is 0 Å². The maximum absolute atomic E-state index is 13.3. The zero-order chi connectivity index (χ0) is 20.3. The number of fused-ring (bicyclic) bond motifs is 1. The summed E-state index contributed by atoms with van der Waals surface area (Å²) in [6.45, 7) is 1.89. The number of benzene rings is 2. The minimum absolute atomic E-state index is 0.0985. The third-order valence-corrected chi connectivity index (χ3v) is 6.52. The fourth-order valence-corrected chi connectivity index (χ4v) is 4.72. The Hall–Kier alpha value is -2.26. The van der Waals surface area contributed by atoms with Crippen LogP contribution in [-0.4, -0.2) is 43.0 Å². The summed E-state index contributed by atoms with van der Waals surface area (Å²) < 4.78 is 32.8. The van der Waals surface area contributed by atoms with Gasteiger partial charge >= 0.3 is 0 Å². The average molecular weight is 422 g/mol. The van der Waals surface area contributed by atoms with E-state index in [2.05, 4.69) is 9.97 Å². The maximum Gasteiger partial charge on any atom is 0.258 e. The molecule has 0 amide bonds. The highest BCUT2D eigenvalue weighted by Gasteiger charge is 2.27. The van der Waals surface area contributed by atoms with Crippen molar-refractivity contribution in [3.63, 3.8) is 0 Å². The minimum atomic E-state index is -3.88. The Balaban J connectivity index is 2.03. The monoisotopic (exact) mass is 421 g/mol. The van der Waals surface area contributed by atoms with Crippen molar-refractivity contribution in [1.82, 2.24) is 14.3 Å². The molecule has 0 saturated heterocycles. The van der Waals surface area contributed by atoms with Gasteiger partial charge in [-0.1, -0.05) is 29.8 Å². The lowest BCUT2D eigenvalue weighted by atomic mass is 10.2. The van der Waals surface area contributed by atoms with Crippen molar-refractivity contribution in [2.24, 2.45) is 0 Å². The molecule has 2 aromatic carbocycles. The number of para-hydroxylation sites is 1. The number of nitrogens with zero attached hydrogens (tertiary/aromatic N) is 2. The molecule has 9 heteroatoms. The lowest BCUT2D eigenvalue weighted by molar-refractivity contribution is 0.176. The van der Waals surface area contributed by atoms with E-state index in [1.807, 2.05) is 0 Å². The van der Waals surface area contributed by atoms with Gasteiger partial charge in [0.1, 0.15) is 5.82 Å². The van der Waals surface area contributed by atoms with E-state index in [9.17, 15) is 13.2 Å². The van der Waals surface area contributed by atoms with Gasteiger partial charge in [0.15, 0.2) is 0 Å². The van der Waals surface area contributed by atoms with Crippen molar-refractivity contribution in [3.05, 3.63) is 69.2 Å². The van der Waals surface area contributed by atoms with Gasteiger partial charge < -0.3 is 9.72 Å². The van der Waals surface area contributed by atoms with Crippen molar-refractivity contribution in [3.8, 4) is 0 Å². The number of hydrogen-bond donors (Lipinski definition) is 1. The molecule has 0 aliphatic heterocycles. The first-order valence-electron chi connectivity index (χ1n) is 8.56. The predicted molar refractivity (Wildman–Crippen MR) is 108 cm³/mol. The largest absolute Gasteiger partial charge is 0.383 e. The van der Waals surface area contributed by atoms with Crippen LogP contribution >= 0.6 is 11.6 Å². The van der Waals surface area contributed by atoms with Crippen LogP contribution in [0.15, 0.2) is 52.2 Å². The number of halogens is 1. The quantitative estimate of drug-likeness (QED) is 0.633.